The number of nitrogens with one attached hydrogen (secondary N) is 1. The molecular formula is C15H12BrCl3FN. The van der Waals surface area contributed by atoms with Gasteiger partial charge in [-0.25, -0.2) is 4.39 Å². The molecule has 1 unspecified atom stereocenters. The average molecular weight is 412 g/mol. The third-order valence-corrected chi connectivity index (χ3v) is 4.97. The number of rotatable bonds is 4. The molecule has 0 saturated heterocycles. The van der Waals surface area contributed by atoms with Gasteiger partial charge in [0.2, 0.25) is 0 Å². The van der Waals surface area contributed by atoms with Gasteiger partial charge in [0.25, 0.3) is 0 Å². The molecule has 0 aliphatic rings. The molecule has 0 radical (unpaired) electrons. The van der Waals surface area contributed by atoms with Crippen LogP contribution < -0.4 is 5.32 Å². The Kier molecular flexibility index (Phi) is 5.92. The van der Waals surface area contributed by atoms with Crippen LogP contribution in [0.3, 0.4) is 0 Å². The summed E-state index contributed by atoms with van der Waals surface area (Å²) in [6.07, 6.45) is 0. The van der Waals surface area contributed by atoms with Gasteiger partial charge in [0.1, 0.15) is 5.82 Å². The first-order valence-electron chi connectivity index (χ1n) is 6.26. The molecule has 2 aromatic carbocycles. The van der Waals surface area contributed by atoms with Crippen molar-refractivity contribution in [3.8, 4) is 0 Å². The predicted molar refractivity (Wildman–Crippen MR) is 91.1 cm³/mol. The highest BCUT2D eigenvalue weighted by atomic mass is 79.9. The highest BCUT2D eigenvalue weighted by molar-refractivity contribution is 9.10. The zero-order valence-electron chi connectivity index (χ0n) is 11.1. The molecule has 1 nitrogen and oxygen atoms in total. The van der Waals surface area contributed by atoms with Crippen molar-refractivity contribution in [3.63, 3.8) is 0 Å². The second-order valence-corrected chi connectivity index (χ2v) is 6.53. The Morgan fingerprint density at radius 1 is 1.10 bits per heavy atom. The van der Waals surface area contributed by atoms with Crippen LogP contribution in [0.25, 0.3) is 0 Å². The van der Waals surface area contributed by atoms with Gasteiger partial charge in [-0.1, -0.05) is 47.8 Å². The molecule has 21 heavy (non-hydrogen) atoms. The van der Waals surface area contributed by atoms with Gasteiger partial charge in [-0.05, 0) is 52.3 Å². The molecule has 1 N–H and O–H groups in total. The van der Waals surface area contributed by atoms with E-state index in [-0.39, 0.29) is 11.9 Å². The SMILES string of the molecule is CCNC(c1ccc(Cl)c(Cl)c1)c1cc(Cl)c(Br)cc1F. The van der Waals surface area contributed by atoms with Gasteiger partial charge in [0.15, 0.2) is 0 Å². The van der Waals surface area contributed by atoms with E-state index in [0.717, 1.165) is 5.56 Å². The molecule has 6 heteroatoms. The largest absolute Gasteiger partial charge is 0.306 e. The second-order valence-electron chi connectivity index (χ2n) is 4.45. The van der Waals surface area contributed by atoms with Crippen LogP contribution in [0.5, 0.6) is 0 Å². The van der Waals surface area contributed by atoms with Crippen LogP contribution in [-0.4, -0.2) is 6.54 Å². The first-order chi connectivity index (χ1) is 9.93. The summed E-state index contributed by atoms with van der Waals surface area (Å²) in [7, 11) is 0. The predicted octanol–water partition coefficient (Wildman–Crippen LogP) is 6.25. The molecule has 0 spiro atoms. The molecule has 0 aliphatic carbocycles. The van der Waals surface area contributed by atoms with Gasteiger partial charge in [-0.2, -0.15) is 0 Å². The zero-order valence-corrected chi connectivity index (χ0v) is 14.9. The summed E-state index contributed by atoms with van der Waals surface area (Å²) in [5.74, 6) is -0.344. The maximum Gasteiger partial charge on any atom is 0.129 e. The summed E-state index contributed by atoms with van der Waals surface area (Å²) in [5.41, 5.74) is 1.28. The Balaban J connectivity index is 2.52. The van der Waals surface area contributed by atoms with Crippen molar-refractivity contribution < 1.29 is 4.39 Å². The molecule has 0 fully saturated rings. The van der Waals surface area contributed by atoms with Crippen LogP contribution in [0.1, 0.15) is 24.1 Å². The quantitative estimate of drug-likeness (QED) is 0.587. The van der Waals surface area contributed by atoms with Gasteiger partial charge < -0.3 is 5.32 Å². The fraction of sp³-hybridized carbons (Fsp3) is 0.200. The molecular weight excluding hydrogens is 399 g/mol. The van der Waals surface area contributed by atoms with Gasteiger partial charge in [-0.15, -0.1) is 0 Å². The summed E-state index contributed by atoms with van der Waals surface area (Å²) < 4.78 is 14.8. The monoisotopic (exact) mass is 409 g/mol. The molecule has 2 aromatic rings. The summed E-state index contributed by atoms with van der Waals surface area (Å²) in [5, 5.41) is 4.58. The molecule has 0 bridgehead atoms. The van der Waals surface area contributed by atoms with Crippen molar-refractivity contribution in [3.05, 3.63) is 66.8 Å². The van der Waals surface area contributed by atoms with Crippen LogP contribution in [0.2, 0.25) is 15.1 Å². The second kappa shape index (κ2) is 7.30. The lowest BCUT2D eigenvalue weighted by atomic mass is 9.98. The van der Waals surface area contributed by atoms with Crippen LogP contribution in [0.4, 0.5) is 4.39 Å². The summed E-state index contributed by atoms with van der Waals surface area (Å²) in [6, 6.07) is 7.86. The van der Waals surface area contributed by atoms with E-state index < -0.39 is 0 Å². The van der Waals surface area contributed by atoms with E-state index >= 15 is 0 Å². The summed E-state index contributed by atoms with van der Waals surface area (Å²) in [4.78, 5) is 0. The van der Waals surface area contributed by atoms with Crippen LogP contribution in [0.15, 0.2) is 34.8 Å². The van der Waals surface area contributed by atoms with E-state index in [4.69, 9.17) is 34.8 Å². The smallest absolute Gasteiger partial charge is 0.129 e. The topological polar surface area (TPSA) is 12.0 Å². The fourth-order valence-electron chi connectivity index (χ4n) is 2.06. The van der Waals surface area contributed by atoms with E-state index in [1.165, 1.54) is 6.07 Å². The molecule has 0 aromatic heterocycles. The van der Waals surface area contributed by atoms with Gasteiger partial charge >= 0.3 is 0 Å². The third-order valence-electron chi connectivity index (χ3n) is 3.04. The lowest BCUT2D eigenvalue weighted by molar-refractivity contribution is 0.558. The van der Waals surface area contributed by atoms with Crippen molar-refractivity contribution in [2.75, 3.05) is 6.54 Å². The van der Waals surface area contributed by atoms with Crippen LogP contribution in [0, 0.1) is 5.82 Å². The number of hydrogen-bond acceptors (Lipinski definition) is 1. The van der Waals surface area contributed by atoms with Gasteiger partial charge in [-0.3, -0.25) is 0 Å². The molecule has 2 rings (SSSR count). The summed E-state index contributed by atoms with van der Waals surface area (Å²) in [6.45, 7) is 2.61. The zero-order chi connectivity index (χ0) is 15.6. The third kappa shape index (κ3) is 3.91. The molecule has 112 valence electrons. The van der Waals surface area contributed by atoms with Gasteiger partial charge in [0, 0.05) is 10.0 Å². The lowest BCUT2D eigenvalue weighted by Gasteiger charge is -2.20. The number of benzene rings is 2. The van der Waals surface area contributed by atoms with Crippen molar-refractivity contribution in [2.45, 2.75) is 13.0 Å². The van der Waals surface area contributed by atoms with E-state index in [0.29, 0.717) is 31.6 Å². The van der Waals surface area contributed by atoms with Crippen LogP contribution >= 0.6 is 50.7 Å². The fourth-order valence-corrected chi connectivity index (χ4v) is 2.86. The minimum absolute atomic E-state index is 0.344. The Morgan fingerprint density at radius 2 is 1.81 bits per heavy atom. The van der Waals surface area contributed by atoms with E-state index in [2.05, 4.69) is 21.2 Å². The molecule has 1 atom stereocenters. The molecule has 0 aliphatic heterocycles. The molecule has 0 heterocycles. The minimum Gasteiger partial charge on any atom is -0.306 e. The van der Waals surface area contributed by atoms with E-state index in [1.54, 1.807) is 18.2 Å². The molecule has 0 amide bonds. The average Bonchev–Trinajstić information content (AvgIpc) is 2.44. The maximum absolute atomic E-state index is 14.3. The Hall–Kier alpha value is -0.320. The van der Waals surface area contributed by atoms with Gasteiger partial charge in [0.05, 0.1) is 21.1 Å². The highest BCUT2D eigenvalue weighted by Gasteiger charge is 2.19. The first-order valence-corrected chi connectivity index (χ1v) is 8.19. The van der Waals surface area contributed by atoms with Crippen molar-refractivity contribution in [2.24, 2.45) is 0 Å². The van der Waals surface area contributed by atoms with Crippen molar-refractivity contribution >= 4 is 50.7 Å². The van der Waals surface area contributed by atoms with Crippen LogP contribution in [-0.2, 0) is 0 Å². The normalized spacial score (nSPS) is 12.5. The number of halogens is 5. The highest BCUT2D eigenvalue weighted by Crippen LogP contribution is 2.33. The Bertz CT molecular complexity index is 664. The van der Waals surface area contributed by atoms with Crippen molar-refractivity contribution in [1.29, 1.82) is 0 Å². The Labute approximate surface area is 146 Å². The van der Waals surface area contributed by atoms with Crippen molar-refractivity contribution in [1.82, 2.24) is 5.32 Å². The maximum atomic E-state index is 14.3. The Morgan fingerprint density at radius 3 is 2.43 bits per heavy atom. The minimum atomic E-state index is -0.352. The van der Waals surface area contributed by atoms with E-state index in [1.807, 2.05) is 13.0 Å². The van der Waals surface area contributed by atoms with E-state index in [9.17, 15) is 4.39 Å². The molecule has 0 saturated carbocycles. The lowest BCUT2D eigenvalue weighted by Crippen LogP contribution is -2.23. The summed E-state index contributed by atoms with van der Waals surface area (Å²) >= 11 is 21.3. The standard InChI is InChI=1S/C15H12BrCl3FN/c1-2-21-15(8-3-4-11(17)13(19)5-8)9-6-12(18)10(16)7-14(9)20/h3-7,15,21H,2H2,1H3. The first kappa shape index (κ1) is 17.0. The number of hydrogen-bond donors (Lipinski definition) is 1.